The normalized spacial score (nSPS) is 10.7. The fraction of sp³-hybridized carbons (Fsp3) is 0.200. The molecule has 32 heavy (non-hydrogen) atoms. The predicted octanol–water partition coefficient (Wildman–Crippen LogP) is 4.39. The van der Waals surface area contributed by atoms with Crippen LogP contribution in [0.5, 0.6) is 11.5 Å². The lowest BCUT2D eigenvalue weighted by atomic mass is 10.0. The number of pyridine rings is 1. The molecule has 0 unspecified atom stereocenters. The summed E-state index contributed by atoms with van der Waals surface area (Å²) in [5.41, 5.74) is 4.03. The molecular weight excluding hydrogens is 404 g/mol. The molecule has 162 valence electrons. The highest BCUT2D eigenvalue weighted by molar-refractivity contribution is 6.04. The minimum atomic E-state index is -0.169. The molecule has 0 saturated carbocycles. The summed E-state index contributed by atoms with van der Waals surface area (Å²) in [6, 6.07) is 14.9. The minimum absolute atomic E-state index is 0.169. The Morgan fingerprint density at radius 2 is 1.75 bits per heavy atom. The molecule has 0 aliphatic heterocycles. The van der Waals surface area contributed by atoms with E-state index >= 15 is 0 Å². The lowest BCUT2D eigenvalue weighted by Gasteiger charge is -2.14. The molecule has 0 atom stereocenters. The van der Waals surface area contributed by atoms with Crippen molar-refractivity contribution < 1.29 is 14.3 Å². The molecule has 2 aromatic heterocycles. The SMILES string of the molecule is COc1cc(OC)c2c(CCc3ccccc3NC(=O)c3ccncc3)nc(C)nc2c1. The Kier molecular flexibility index (Phi) is 6.26. The van der Waals surface area contributed by atoms with Gasteiger partial charge in [0.05, 0.1) is 30.8 Å². The molecule has 7 nitrogen and oxygen atoms in total. The van der Waals surface area contributed by atoms with Gasteiger partial charge in [0.1, 0.15) is 17.3 Å². The molecule has 0 bridgehead atoms. The van der Waals surface area contributed by atoms with Crippen LogP contribution in [0.3, 0.4) is 0 Å². The first-order chi connectivity index (χ1) is 15.6. The summed E-state index contributed by atoms with van der Waals surface area (Å²) < 4.78 is 11.0. The summed E-state index contributed by atoms with van der Waals surface area (Å²) >= 11 is 0. The molecule has 0 aliphatic carbocycles. The second kappa shape index (κ2) is 9.43. The van der Waals surface area contributed by atoms with Gasteiger partial charge in [-0.2, -0.15) is 0 Å². The number of para-hydroxylation sites is 1. The van der Waals surface area contributed by atoms with Gasteiger partial charge in [0, 0.05) is 35.8 Å². The van der Waals surface area contributed by atoms with Crippen molar-refractivity contribution in [1.82, 2.24) is 15.0 Å². The molecule has 0 aliphatic rings. The predicted molar refractivity (Wildman–Crippen MR) is 123 cm³/mol. The standard InChI is InChI=1S/C25H24N4O3/c1-16-27-21(24-22(28-16)14-19(31-2)15-23(24)32-3)9-8-17-6-4-5-7-20(17)29-25(30)18-10-12-26-13-11-18/h4-7,10-15H,8-9H2,1-3H3,(H,29,30). The zero-order valence-electron chi connectivity index (χ0n) is 18.3. The van der Waals surface area contributed by atoms with Crippen LogP contribution in [0.1, 0.15) is 27.4 Å². The number of methoxy groups -OCH3 is 2. The lowest BCUT2D eigenvalue weighted by molar-refractivity contribution is 0.102. The van der Waals surface area contributed by atoms with E-state index < -0.39 is 0 Å². The molecule has 1 N–H and O–H groups in total. The van der Waals surface area contributed by atoms with Crippen LogP contribution in [0, 0.1) is 6.92 Å². The molecule has 1 amide bonds. The summed E-state index contributed by atoms with van der Waals surface area (Å²) in [5, 5.41) is 3.88. The van der Waals surface area contributed by atoms with Crippen LogP contribution in [0.15, 0.2) is 60.9 Å². The number of carbonyl (C=O) groups is 1. The second-order valence-electron chi connectivity index (χ2n) is 7.29. The molecule has 7 heteroatoms. The number of hydrogen-bond acceptors (Lipinski definition) is 6. The highest BCUT2D eigenvalue weighted by Gasteiger charge is 2.15. The van der Waals surface area contributed by atoms with Crippen molar-refractivity contribution in [1.29, 1.82) is 0 Å². The number of amides is 1. The Balaban J connectivity index is 1.63. The fourth-order valence-corrected chi connectivity index (χ4v) is 3.68. The van der Waals surface area contributed by atoms with E-state index in [4.69, 9.17) is 14.5 Å². The summed E-state index contributed by atoms with van der Waals surface area (Å²) in [6.07, 6.45) is 4.55. The van der Waals surface area contributed by atoms with E-state index in [2.05, 4.69) is 15.3 Å². The van der Waals surface area contributed by atoms with E-state index in [9.17, 15) is 4.79 Å². The zero-order chi connectivity index (χ0) is 22.5. The fourth-order valence-electron chi connectivity index (χ4n) is 3.68. The monoisotopic (exact) mass is 428 g/mol. The average molecular weight is 428 g/mol. The van der Waals surface area contributed by atoms with E-state index in [-0.39, 0.29) is 5.91 Å². The van der Waals surface area contributed by atoms with Crippen LogP contribution in [-0.2, 0) is 12.8 Å². The topological polar surface area (TPSA) is 86.2 Å². The van der Waals surface area contributed by atoms with Crippen LogP contribution in [-0.4, -0.2) is 35.1 Å². The van der Waals surface area contributed by atoms with E-state index in [1.165, 1.54) is 0 Å². The van der Waals surface area contributed by atoms with Crippen molar-refractivity contribution in [3.05, 3.63) is 83.6 Å². The van der Waals surface area contributed by atoms with Crippen molar-refractivity contribution in [2.24, 2.45) is 0 Å². The molecule has 0 radical (unpaired) electrons. The Hall–Kier alpha value is -4.00. The minimum Gasteiger partial charge on any atom is -0.497 e. The number of nitrogens with zero attached hydrogens (tertiary/aromatic N) is 3. The number of rotatable bonds is 7. The number of ether oxygens (including phenoxy) is 2. The summed E-state index contributed by atoms with van der Waals surface area (Å²) in [5.74, 6) is 1.87. The number of hydrogen-bond donors (Lipinski definition) is 1. The number of carbonyl (C=O) groups excluding carboxylic acids is 1. The Bertz CT molecular complexity index is 1260. The Labute approximate surface area is 186 Å². The van der Waals surface area contributed by atoms with Gasteiger partial charge in [0.15, 0.2) is 0 Å². The van der Waals surface area contributed by atoms with Crippen LogP contribution in [0.25, 0.3) is 10.9 Å². The Morgan fingerprint density at radius 3 is 2.50 bits per heavy atom. The van der Waals surface area contributed by atoms with Crippen LogP contribution in [0.2, 0.25) is 0 Å². The molecule has 0 fully saturated rings. The number of anilines is 1. The van der Waals surface area contributed by atoms with Gasteiger partial charge in [-0.15, -0.1) is 0 Å². The Morgan fingerprint density at radius 1 is 0.969 bits per heavy atom. The molecule has 4 aromatic rings. The second-order valence-corrected chi connectivity index (χ2v) is 7.29. The highest BCUT2D eigenvalue weighted by Crippen LogP contribution is 2.33. The van der Waals surface area contributed by atoms with Crippen molar-refractivity contribution >= 4 is 22.5 Å². The first-order valence-corrected chi connectivity index (χ1v) is 10.3. The van der Waals surface area contributed by atoms with Gasteiger partial charge in [-0.3, -0.25) is 9.78 Å². The van der Waals surface area contributed by atoms with Crippen LogP contribution < -0.4 is 14.8 Å². The molecule has 2 heterocycles. The van der Waals surface area contributed by atoms with Crippen molar-refractivity contribution in [3.63, 3.8) is 0 Å². The van der Waals surface area contributed by atoms with Crippen LogP contribution >= 0.6 is 0 Å². The van der Waals surface area contributed by atoms with E-state index in [1.807, 2.05) is 43.3 Å². The number of aromatic nitrogens is 3. The maximum absolute atomic E-state index is 12.6. The first-order valence-electron chi connectivity index (χ1n) is 10.3. The van der Waals surface area contributed by atoms with Crippen molar-refractivity contribution in [3.8, 4) is 11.5 Å². The third kappa shape index (κ3) is 4.51. The van der Waals surface area contributed by atoms with Gasteiger partial charge in [0.2, 0.25) is 0 Å². The number of aryl methyl sites for hydroxylation is 3. The lowest BCUT2D eigenvalue weighted by Crippen LogP contribution is -2.13. The maximum atomic E-state index is 12.6. The van der Waals surface area contributed by atoms with Crippen molar-refractivity contribution in [2.75, 3.05) is 19.5 Å². The number of benzene rings is 2. The van der Waals surface area contributed by atoms with Crippen LogP contribution in [0.4, 0.5) is 5.69 Å². The molecular formula is C25H24N4O3. The van der Waals surface area contributed by atoms with Gasteiger partial charge >= 0.3 is 0 Å². The molecule has 4 rings (SSSR count). The van der Waals surface area contributed by atoms with E-state index in [0.29, 0.717) is 35.7 Å². The van der Waals surface area contributed by atoms with E-state index in [0.717, 1.165) is 27.8 Å². The third-order valence-corrected chi connectivity index (χ3v) is 5.22. The molecule has 0 saturated heterocycles. The molecule has 0 spiro atoms. The van der Waals surface area contributed by atoms with E-state index in [1.54, 1.807) is 38.7 Å². The highest BCUT2D eigenvalue weighted by atomic mass is 16.5. The summed E-state index contributed by atoms with van der Waals surface area (Å²) in [6.45, 7) is 1.87. The smallest absolute Gasteiger partial charge is 0.255 e. The van der Waals surface area contributed by atoms with Gasteiger partial charge in [0.25, 0.3) is 5.91 Å². The summed E-state index contributed by atoms with van der Waals surface area (Å²) in [7, 11) is 3.24. The quantitative estimate of drug-likeness (QED) is 0.470. The van der Waals surface area contributed by atoms with Crippen molar-refractivity contribution in [2.45, 2.75) is 19.8 Å². The number of nitrogens with one attached hydrogen (secondary N) is 1. The van der Waals surface area contributed by atoms with Gasteiger partial charge in [-0.05, 0) is 43.5 Å². The zero-order valence-corrected chi connectivity index (χ0v) is 18.3. The first kappa shape index (κ1) is 21.2. The third-order valence-electron chi connectivity index (χ3n) is 5.22. The van der Waals surface area contributed by atoms with Gasteiger partial charge in [-0.1, -0.05) is 18.2 Å². The van der Waals surface area contributed by atoms with Gasteiger partial charge in [-0.25, -0.2) is 9.97 Å². The maximum Gasteiger partial charge on any atom is 0.255 e. The van der Waals surface area contributed by atoms with Gasteiger partial charge < -0.3 is 14.8 Å². The summed E-state index contributed by atoms with van der Waals surface area (Å²) in [4.78, 5) is 25.8. The average Bonchev–Trinajstić information content (AvgIpc) is 2.82. The number of fused-ring (bicyclic) bond motifs is 1. The molecule has 2 aromatic carbocycles. The largest absolute Gasteiger partial charge is 0.497 e.